The zero-order valence-corrected chi connectivity index (χ0v) is 11.3. The van der Waals surface area contributed by atoms with Crippen LogP contribution in [0.4, 0.5) is 5.69 Å². The quantitative estimate of drug-likeness (QED) is 0.519. The van der Waals surface area contributed by atoms with E-state index >= 15 is 0 Å². The normalized spacial score (nSPS) is 10.7. The van der Waals surface area contributed by atoms with Crippen molar-refractivity contribution in [3.05, 3.63) is 52.3 Å². The van der Waals surface area contributed by atoms with Crippen molar-refractivity contribution < 1.29 is 14.1 Å². The van der Waals surface area contributed by atoms with Gasteiger partial charge in [-0.2, -0.15) is 5.10 Å². The third-order valence-electron chi connectivity index (χ3n) is 2.67. The van der Waals surface area contributed by atoms with E-state index in [1.54, 1.807) is 31.2 Å². The molecule has 0 unspecified atom stereocenters. The molecule has 0 fully saturated rings. The second-order valence-electron chi connectivity index (χ2n) is 4.16. The Morgan fingerprint density at radius 2 is 2.24 bits per heavy atom. The minimum absolute atomic E-state index is 0.00525. The molecule has 0 aliphatic rings. The number of nitro groups is 1. The topological polar surface area (TPSA) is 97.7 Å². The van der Waals surface area contributed by atoms with Crippen LogP contribution in [0.3, 0.4) is 0 Å². The molecule has 0 aliphatic heterocycles. The number of nitrogens with zero attached hydrogens (tertiary/aromatic N) is 2. The van der Waals surface area contributed by atoms with Crippen molar-refractivity contribution in [2.45, 2.75) is 13.3 Å². The van der Waals surface area contributed by atoms with Crippen molar-refractivity contribution in [1.29, 1.82) is 0 Å². The summed E-state index contributed by atoms with van der Waals surface area (Å²) in [5.74, 6) is 0.728. The third-order valence-corrected chi connectivity index (χ3v) is 2.67. The van der Waals surface area contributed by atoms with E-state index < -0.39 is 4.92 Å². The highest BCUT2D eigenvalue weighted by atomic mass is 16.6. The molecule has 0 atom stereocenters. The van der Waals surface area contributed by atoms with Gasteiger partial charge in [-0.15, -0.1) is 0 Å². The number of nitrogens with one attached hydrogen (secondary N) is 1. The van der Waals surface area contributed by atoms with Crippen LogP contribution in [0.25, 0.3) is 11.3 Å². The number of furan rings is 1. The van der Waals surface area contributed by atoms with E-state index in [4.69, 9.17) is 4.42 Å². The fourth-order valence-electron chi connectivity index (χ4n) is 1.60. The first-order valence-electron chi connectivity index (χ1n) is 6.26. The molecule has 0 saturated carbocycles. The largest absolute Gasteiger partial charge is 0.455 e. The molecular formula is C14H13N3O4. The first-order chi connectivity index (χ1) is 10.1. The lowest BCUT2D eigenvalue weighted by Gasteiger charge is -1.97. The molecule has 0 saturated heterocycles. The van der Waals surface area contributed by atoms with Crippen LogP contribution in [0.1, 0.15) is 19.1 Å². The summed E-state index contributed by atoms with van der Waals surface area (Å²) in [7, 11) is 0. The Balaban J connectivity index is 2.14. The molecule has 108 valence electrons. The molecule has 1 N–H and O–H groups in total. The summed E-state index contributed by atoms with van der Waals surface area (Å²) in [5.41, 5.74) is 2.93. The van der Waals surface area contributed by atoms with Gasteiger partial charge in [-0.25, -0.2) is 5.43 Å². The Labute approximate surface area is 120 Å². The van der Waals surface area contributed by atoms with Gasteiger partial charge in [-0.3, -0.25) is 14.9 Å². The van der Waals surface area contributed by atoms with Gasteiger partial charge in [0.25, 0.3) is 5.69 Å². The standard InChI is InChI=1S/C14H13N3O4/c1-2-14(18)16-15-9-12-6-7-13(21-12)10-4-3-5-11(8-10)17(19)20/h3-9H,2H2,1H3,(H,16,18). The lowest BCUT2D eigenvalue weighted by molar-refractivity contribution is -0.384. The van der Waals surface area contributed by atoms with Gasteiger partial charge in [0.05, 0.1) is 11.1 Å². The van der Waals surface area contributed by atoms with Gasteiger partial charge in [-0.1, -0.05) is 19.1 Å². The van der Waals surface area contributed by atoms with Gasteiger partial charge in [0.15, 0.2) is 0 Å². The van der Waals surface area contributed by atoms with Crippen LogP contribution in [0.15, 0.2) is 45.9 Å². The van der Waals surface area contributed by atoms with E-state index in [1.165, 1.54) is 18.3 Å². The molecule has 7 heteroatoms. The van der Waals surface area contributed by atoms with E-state index in [1.807, 2.05) is 0 Å². The predicted octanol–water partition coefficient (Wildman–Crippen LogP) is 2.71. The van der Waals surface area contributed by atoms with E-state index in [0.717, 1.165) is 0 Å². The summed E-state index contributed by atoms with van der Waals surface area (Å²) in [6, 6.07) is 9.49. The molecule has 21 heavy (non-hydrogen) atoms. The molecule has 1 amide bonds. The number of non-ortho nitro benzene ring substituents is 1. The molecule has 0 aliphatic carbocycles. The van der Waals surface area contributed by atoms with Crippen molar-refractivity contribution in [3.63, 3.8) is 0 Å². The van der Waals surface area contributed by atoms with Crippen LogP contribution in [-0.4, -0.2) is 17.0 Å². The third kappa shape index (κ3) is 3.75. The number of carbonyl (C=O) groups is 1. The summed E-state index contributed by atoms with van der Waals surface area (Å²) >= 11 is 0. The Kier molecular flexibility index (Phi) is 4.45. The molecular weight excluding hydrogens is 274 g/mol. The van der Waals surface area contributed by atoms with Crippen LogP contribution >= 0.6 is 0 Å². The molecule has 0 radical (unpaired) electrons. The second kappa shape index (κ2) is 6.47. The van der Waals surface area contributed by atoms with Crippen LogP contribution in [0.5, 0.6) is 0 Å². The first kappa shape index (κ1) is 14.4. The van der Waals surface area contributed by atoms with Crippen LogP contribution in [0.2, 0.25) is 0 Å². The minimum Gasteiger partial charge on any atom is -0.455 e. The highest BCUT2D eigenvalue weighted by Gasteiger charge is 2.09. The van der Waals surface area contributed by atoms with Gasteiger partial charge >= 0.3 is 0 Å². The molecule has 1 aromatic heterocycles. The van der Waals surface area contributed by atoms with E-state index in [9.17, 15) is 14.9 Å². The number of nitro benzene ring substituents is 1. The maximum atomic E-state index is 11.0. The van der Waals surface area contributed by atoms with E-state index in [-0.39, 0.29) is 11.6 Å². The summed E-state index contributed by atoms with van der Waals surface area (Å²) < 4.78 is 5.50. The summed E-state index contributed by atoms with van der Waals surface area (Å²) in [4.78, 5) is 21.3. The average molecular weight is 287 g/mol. The van der Waals surface area contributed by atoms with E-state index in [2.05, 4.69) is 10.5 Å². The maximum absolute atomic E-state index is 11.0. The van der Waals surface area contributed by atoms with Gasteiger partial charge in [-0.05, 0) is 12.1 Å². The van der Waals surface area contributed by atoms with Crippen molar-refractivity contribution in [2.75, 3.05) is 0 Å². The molecule has 1 heterocycles. The Morgan fingerprint density at radius 1 is 1.43 bits per heavy atom. The number of benzene rings is 1. The Bertz CT molecular complexity index is 691. The number of hydrogen-bond acceptors (Lipinski definition) is 5. The molecule has 2 aromatic rings. The van der Waals surface area contributed by atoms with E-state index in [0.29, 0.717) is 23.5 Å². The smallest absolute Gasteiger partial charge is 0.270 e. The first-order valence-corrected chi connectivity index (χ1v) is 6.26. The van der Waals surface area contributed by atoms with Crippen LogP contribution < -0.4 is 5.43 Å². The minimum atomic E-state index is -0.463. The van der Waals surface area contributed by atoms with Gasteiger partial charge < -0.3 is 4.42 Å². The SMILES string of the molecule is CCC(=O)NN=Cc1ccc(-c2cccc([N+](=O)[O-])c2)o1. The predicted molar refractivity (Wildman–Crippen MR) is 76.8 cm³/mol. The highest BCUT2D eigenvalue weighted by molar-refractivity contribution is 5.80. The van der Waals surface area contributed by atoms with Gasteiger partial charge in [0.2, 0.25) is 5.91 Å². The molecule has 1 aromatic carbocycles. The zero-order chi connectivity index (χ0) is 15.2. The number of carbonyl (C=O) groups excluding carboxylic acids is 1. The van der Waals surface area contributed by atoms with Crippen LogP contribution in [-0.2, 0) is 4.79 Å². The number of hydrogen-bond donors (Lipinski definition) is 1. The number of amides is 1. The number of rotatable bonds is 5. The second-order valence-corrected chi connectivity index (χ2v) is 4.16. The zero-order valence-electron chi connectivity index (χ0n) is 11.3. The van der Waals surface area contributed by atoms with Crippen molar-refractivity contribution >= 4 is 17.8 Å². The van der Waals surface area contributed by atoms with Crippen molar-refractivity contribution in [3.8, 4) is 11.3 Å². The average Bonchev–Trinajstić information content (AvgIpc) is 2.96. The van der Waals surface area contributed by atoms with Crippen molar-refractivity contribution in [2.24, 2.45) is 5.10 Å². The van der Waals surface area contributed by atoms with Crippen molar-refractivity contribution in [1.82, 2.24) is 5.43 Å². The van der Waals surface area contributed by atoms with Crippen LogP contribution in [0, 0.1) is 10.1 Å². The Hall–Kier alpha value is -2.96. The van der Waals surface area contributed by atoms with Gasteiger partial charge in [0, 0.05) is 24.1 Å². The monoisotopic (exact) mass is 287 g/mol. The summed E-state index contributed by atoms with van der Waals surface area (Å²) in [6.45, 7) is 1.72. The maximum Gasteiger partial charge on any atom is 0.270 e. The molecule has 7 nitrogen and oxygen atoms in total. The molecule has 0 spiro atoms. The highest BCUT2D eigenvalue weighted by Crippen LogP contribution is 2.25. The Morgan fingerprint density at radius 3 is 2.95 bits per heavy atom. The number of hydrazone groups is 1. The van der Waals surface area contributed by atoms with Gasteiger partial charge in [0.1, 0.15) is 11.5 Å². The fraction of sp³-hybridized carbons (Fsp3) is 0.143. The fourth-order valence-corrected chi connectivity index (χ4v) is 1.60. The lowest BCUT2D eigenvalue weighted by atomic mass is 10.1. The summed E-state index contributed by atoms with van der Waals surface area (Å²) in [6.07, 6.45) is 1.71. The lowest BCUT2D eigenvalue weighted by Crippen LogP contribution is -2.15. The summed E-state index contributed by atoms with van der Waals surface area (Å²) in [5, 5.41) is 14.5. The molecule has 2 rings (SSSR count). The molecule has 0 bridgehead atoms.